The molecule has 1 saturated carbocycles. The number of carboxylic acid groups (broad SMARTS) is 1. The van der Waals surface area contributed by atoms with Gasteiger partial charge in [0.1, 0.15) is 0 Å². The molecule has 0 unspecified atom stereocenters. The third kappa shape index (κ3) is 2.23. The largest absolute Gasteiger partial charge is 0.481 e. The average Bonchev–Trinajstić information content (AvgIpc) is 2.78. The molecule has 86 valence electrons. The van der Waals surface area contributed by atoms with Crippen molar-refractivity contribution in [2.45, 2.75) is 38.5 Å². The minimum absolute atomic E-state index is 0.462. The number of hydrogen-bond acceptors (Lipinski definition) is 2. The number of pyridine rings is 1. The van der Waals surface area contributed by atoms with Crippen molar-refractivity contribution in [3.63, 3.8) is 0 Å². The van der Waals surface area contributed by atoms with Crippen LogP contribution in [0.2, 0.25) is 0 Å². The molecule has 0 spiro atoms. The summed E-state index contributed by atoms with van der Waals surface area (Å²) in [7, 11) is 0. The van der Waals surface area contributed by atoms with Crippen LogP contribution in [0.5, 0.6) is 0 Å². The average molecular weight is 219 g/mol. The zero-order valence-electron chi connectivity index (χ0n) is 9.35. The highest BCUT2D eigenvalue weighted by Crippen LogP contribution is 2.42. The number of carboxylic acids is 1. The van der Waals surface area contributed by atoms with Gasteiger partial charge < -0.3 is 5.11 Å². The Morgan fingerprint density at radius 1 is 1.44 bits per heavy atom. The summed E-state index contributed by atoms with van der Waals surface area (Å²) in [5.41, 5.74) is 0.672. The summed E-state index contributed by atoms with van der Waals surface area (Å²) in [6.07, 6.45) is 8.91. The van der Waals surface area contributed by atoms with Crippen molar-refractivity contribution < 1.29 is 9.90 Å². The van der Waals surface area contributed by atoms with Crippen LogP contribution in [0.15, 0.2) is 24.5 Å². The summed E-state index contributed by atoms with van der Waals surface area (Å²) in [5, 5.41) is 9.33. The van der Waals surface area contributed by atoms with Crippen molar-refractivity contribution in [2.24, 2.45) is 5.41 Å². The van der Waals surface area contributed by atoms with E-state index < -0.39 is 11.4 Å². The molecule has 16 heavy (non-hydrogen) atoms. The fraction of sp³-hybridized carbons (Fsp3) is 0.538. The maximum atomic E-state index is 11.3. The minimum atomic E-state index is -0.617. The monoisotopic (exact) mass is 219 g/mol. The summed E-state index contributed by atoms with van der Waals surface area (Å²) >= 11 is 0. The van der Waals surface area contributed by atoms with Crippen molar-refractivity contribution in [3.8, 4) is 0 Å². The summed E-state index contributed by atoms with van der Waals surface area (Å²) in [6.45, 7) is 0. The molecular formula is C13H17NO2. The smallest absolute Gasteiger partial charge is 0.309 e. The lowest BCUT2D eigenvalue weighted by Gasteiger charge is -2.23. The van der Waals surface area contributed by atoms with E-state index in [2.05, 4.69) is 4.98 Å². The number of aromatic nitrogens is 1. The Balaban J connectivity index is 2.00. The Morgan fingerprint density at radius 3 is 2.75 bits per heavy atom. The first-order valence-corrected chi connectivity index (χ1v) is 5.85. The molecular weight excluding hydrogens is 202 g/mol. The van der Waals surface area contributed by atoms with Crippen LogP contribution in [0, 0.1) is 5.41 Å². The molecule has 3 nitrogen and oxygen atoms in total. The number of hydrogen-bond donors (Lipinski definition) is 1. The second-order valence-corrected chi connectivity index (χ2v) is 4.65. The van der Waals surface area contributed by atoms with Gasteiger partial charge in [0.2, 0.25) is 0 Å². The SMILES string of the molecule is O=C(O)C1(CCc2cccnc2)CCCC1. The van der Waals surface area contributed by atoms with Gasteiger partial charge in [-0.3, -0.25) is 9.78 Å². The van der Waals surface area contributed by atoms with Crippen molar-refractivity contribution in [1.29, 1.82) is 0 Å². The lowest BCUT2D eigenvalue weighted by Crippen LogP contribution is -2.28. The van der Waals surface area contributed by atoms with Crippen molar-refractivity contribution in [1.82, 2.24) is 4.98 Å². The van der Waals surface area contributed by atoms with Gasteiger partial charge in [-0.05, 0) is 37.3 Å². The van der Waals surface area contributed by atoms with E-state index in [-0.39, 0.29) is 0 Å². The predicted molar refractivity (Wildman–Crippen MR) is 61.1 cm³/mol. The molecule has 2 rings (SSSR count). The van der Waals surface area contributed by atoms with Crippen LogP contribution >= 0.6 is 0 Å². The van der Waals surface area contributed by atoms with E-state index in [4.69, 9.17) is 0 Å². The zero-order chi connectivity index (χ0) is 11.4. The van der Waals surface area contributed by atoms with Crippen LogP contribution < -0.4 is 0 Å². The van der Waals surface area contributed by atoms with Crippen LogP contribution in [0.4, 0.5) is 0 Å². The first-order valence-electron chi connectivity index (χ1n) is 5.85. The number of rotatable bonds is 4. The number of aliphatic carboxylic acids is 1. The van der Waals surface area contributed by atoms with E-state index in [1.54, 1.807) is 6.20 Å². The Kier molecular flexibility index (Phi) is 3.22. The van der Waals surface area contributed by atoms with Gasteiger partial charge in [-0.15, -0.1) is 0 Å². The molecule has 3 heteroatoms. The highest BCUT2D eigenvalue weighted by molar-refractivity contribution is 5.75. The fourth-order valence-electron chi connectivity index (χ4n) is 2.55. The Labute approximate surface area is 95.5 Å². The van der Waals surface area contributed by atoms with Gasteiger partial charge in [0.25, 0.3) is 0 Å². The lowest BCUT2D eigenvalue weighted by molar-refractivity contribution is -0.149. The Morgan fingerprint density at radius 2 is 2.19 bits per heavy atom. The molecule has 0 amide bonds. The van der Waals surface area contributed by atoms with E-state index in [1.807, 2.05) is 18.3 Å². The van der Waals surface area contributed by atoms with E-state index in [0.29, 0.717) is 0 Å². The van der Waals surface area contributed by atoms with Crippen LogP contribution in [-0.2, 0) is 11.2 Å². The predicted octanol–water partition coefficient (Wildman–Crippen LogP) is 2.66. The standard InChI is InChI=1S/C13H17NO2/c15-12(16)13(6-1-2-7-13)8-5-11-4-3-9-14-10-11/h3-4,9-10H,1-2,5-8H2,(H,15,16). The molecule has 0 radical (unpaired) electrons. The van der Waals surface area contributed by atoms with E-state index in [9.17, 15) is 9.90 Å². The lowest BCUT2D eigenvalue weighted by atomic mass is 9.81. The van der Waals surface area contributed by atoms with Gasteiger partial charge in [-0.2, -0.15) is 0 Å². The van der Waals surface area contributed by atoms with E-state index in [1.165, 1.54) is 0 Å². The molecule has 1 heterocycles. The topological polar surface area (TPSA) is 50.2 Å². The second kappa shape index (κ2) is 4.64. The van der Waals surface area contributed by atoms with Crippen LogP contribution in [-0.4, -0.2) is 16.1 Å². The second-order valence-electron chi connectivity index (χ2n) is 4.65. The molecule has 1 aromatic heterocycles. The van der Waals surface area contributed by atoms with E-state index >= 15 is 0 Å². The van der Waals surface area contributed by atoms with Gasteiger partial charge in [0, 0.05) is 12.4 Å². The number of carbonyl (C=O) groups is 1. The number of nitrogens with zero attached hydrogens (tertiary/aromatic N) is 1. The van der Waals surface area contributed by atoms with Crippen molar-refractivity contribution in [3.05, 3.63) is 30.1 Å². The van der Waals surface area contributed by atoms with Crippen LogP contribution in [0.3, 0.4) is 0 Å². The molecule has 0 saturated heterocycles. The first-order chi connectivity index (χ1) is 7.73. The Hall–Kier alpha value is -1.38. The normalized spacial score (nSPS) is 18.5. The molecule has 1 aliphatic rings. The summed E-state index contributed by atoms with van der Waals surface area (Å²) in [6, 6.07) is 3.91. The summed E-state index contributed by atoms with van der Waals surface area (Å²) in [4.78, 5) is 15.4. The molecule has 0 bridgehead atoms. The van der Waals surface area contributed by atoms with Crippen LogP contribution in [0.25, 0.3) is 0 Å². The molecule has 1 aliphatic carbocycles. The van der Waals surface area contributed by atoms with Crippen LogP contribution in [0.1, 0.15) is 37.7 Å². The fourth-order valence-corrected chi connectivity index (χ4v) is 2.55. The van der Waals surface area contributed by atoms with E-state index in [0.717, 1.165) is 44.1 Å². The van der Waals surface area contributed by atoms with Crippen molar-refractivity contribution in [2.75, 3.05) is 0 Å². The molecule has 1 fully saturated rings. The summed E-state index contributed by atoms with van der Waals surface area (Å²) in [5.74, 6) is -0.617. The van der Waals surface area contributed by atoms with Gasteiger partial charge in [-0.25, -0.2) is 0 Å². The van der Waals surface area contributed by atoms with Gasteiger partial charge in [0.05, 0.1) is 5.41 Å². The quantitative estimate of drug-likeness (QED) is 0.847. The Bertz CT molecular complexity index is 355. The van der Waals surface area contributed by atoms with Gasteiger partial charge >= 0.3 is 5.97 Å². The highest BCUT2D eigenvalue weighted by Gasteiger charge is 2.40. The highest BCUT2D eigenvalue weighted by atomic mass is 16.4. The van der Waals surface area contributed by atoms with Crippen molar-refractivity contribution >= 4 is 5.97 Å². The summed E-state index contributed by atoms with van der Waals surface area (Å²) < 4.78 is 0. The molecule has 0 aromatic carbocycles. The molecule has 1 aromatic rings. The first kappa shape index (κ1) is 11.1. The number of aryl methyl sites for hydroxylation is 1. The molecule has 1 N–H and O–H groups in total. The maximum Gasteiger partial charge on any atom is 0.309 e. The maximum absolute atomic E-state index is 11.3. The van der Waals surface area contributed by atoms with Gasteiger partial charge in [-0.1, -0.05) is 18.9 Å². The third-order valence-electron chi connectivity index (χ3n) is 3.63. The third-order valence-corrected chi connectivity index (χ3v) is 3.63. The zero-order valence-corrected chi connectivity index (χ0v) is 9.35. The minimum Gasteiger partial charge on any atom is -0.481 e. The van der Waals surface area contributed by atoms with Gasteiger partial charge in [0.15, 0.2) is 0 Å². The molecule has 0 atom stereocenters. The molecule has 0 aliphatic heterocycles.